The Morgan fingerprint density at radius 1 is 1.00 bits per heavy atom. The molecule has 2 amide bonds. The van der Waals surface area contributed by atoms with Gasteiger partial charge in [-0.15, -0.1) is 0 Å². The Hall–Kier alpha value is -2.97. The summed E-state index contributed by atoms with van der Waals surface area (Å²) in [5.74, 6) is -1.95. The number of piperazine rings is 1. The molecular weight excluding hydrogens is 433 g/mol. The monoisotopic (exact) mass is 467 g/mol. The molecular formula is C26H34FN5O2. The molecule has 182 valence electrons. The molecule has 2 N–H and O–H groups in total. The van der Waals surface area contributed by atoms with Crippen LogP contribution in [0.3, 0.4) is 0 Å². The third-order valence-corrected chi connectivity index (χ3v) is 6.91. The Morgan fingerprint density at radius 2 is 1.76 bits per heavy atom. The Kier molecular flexibility index (Phi) is 7.48. The molecule has 2 aromatic carbocycles. The molecule has 2 aromatic rings. The fourth-order valence-corrected chi connectivity index (χ4v) is 4.73. The highest BCUT2D eigenvalue weighted by atomic mass is 19.1. The summed E-state index contributed by atoms with van der Waals surface area (Å²) in [7, 11) is 4.23. The van der Waals surface area contributed by atoms with E-state index in [1.807, 2.05) is 0 Å². The predicted molar refractivity (Wildman–Crippen MR) is 133 cm³/mol. The number of anilines is 2. The van der Waals surface area contributed by atoms with Crippen LogP contribution >= 0.6 is 0 Å². The van der Waals surface area contributed by atoms with Crippen molar-refractivity contribution < 1.29 is 14.0 Å². The maximum atomic E-state index is 13.8. The van der Waals surface area contributed by atoms with Crippen molar-refractivity contribution in [3.63, 3.8) is 0 Å². The number of nitrogens with zero attached hydrogens (tertiary/aromatic N) is 3. The number of benzene rings is 2. The van der Waals surface area contributed by atoms with Crippen LogP contribution in [0.15, 0.2) is 36.4 Å². The topological polar surface area (TPSA) is 67.9 Å². The molecule has 0 aliphatic carbocycles. The van der Waals surface area contributed by atoms with E-state index in [-0.39, 0.29) is 11.7 Å². The van der Waals surface area contributed by atoms with Crippen LogP contribution in [-0.4, -0.2) is 75.0 Å². The molecule has 0 unspecified atom stereocenters. The predicted octanol–water partition coefficient (Wildman–Crippen LogP) is 2.56. The van der Waals surface area contributed by atoms with E-state index in [0.717, 1.165) is 51.1 Å². The van der Waals surface area contributed by atoms with Gasteiger partial charge < -0.3 is 20.4 Å². The average Bonchev–Trinajstić information content (AvgIpc) is 2.82. The number of aryl methyl sites for hydroxylation is 2. The number of rotatable bonds is 5. The zero-order valence-electron chi connectivity index (χ0n) is 20.2. The first-order valence-corrected chi connectivity index (χ1v) is 11.9. The third kappa shape index (κ3) is 5.56. The molecule has 1 saturated heterocycles. The maximum absolute atomic E-state index is 13.8. The maximum Gasteiger partial charge on any atom is 0.313 e. The number of nitrogens with one attached hydrogen (secondary N) is 2. The van der Waals surface area contributed by atoms with Gasteiger partial charge in [0.15, 0.2) is 0 Å². The summed E-state index contributed by atoms with van der Waals surface area (Å²) in [6.07, 6.45) is 2.17. The van der Waals surface area contributed by atoms with E-state index in [2.05, 4.69) is 57.6 Å². The van der Waals surface area contributed by atoms with Gasteiger partial charge in [0.25, 0.3) is 0 Å². The van der Waals surface area contributed by atoms with E-state index in [1.54, 1.807) is 19.1 Å². The molecule has 8 heteroatoms. The molecule has 0 spiro atoms. The molecule has 1 atom stereocenters. The van der Waals surface area contributed by atoms with Crippen molar-refractivity contribution in [1.29, 1.82) is 0 Å². The fraction of sp³-hybridized carbons (Fsp3) is 0.462. The second-order valence-electron chi connectivity index (χ2n) is 9.40. The number of halogens is 1. The first kappa shape index (κ1) is 24.2. The highest BCUT2D eigenvalue weighted by Gasteiger charge is 2.27. The number of hydrogen-bond donors (Lipinski definition) is 2. The van der Waals surface area contributed by atoms with Gasteiger partial charge in [0.2, 0.25) is 0 Å². The Balaban J connectivity index is 1.47. The van der Waals surface area contributed by atoms with Crippen LogP contribution in [0.1, 0.15) is 29.2 Å². The van der Waals surface area contributed by atoms with Crippen molar-refractivity contribution in [2.24, 2.45) is 0 Å². The number of hydrogen-bond acceptors (Lipinski definition) is 5. The summed E-state index contributed by atoms with van der Waals surface area (Å²) in [5, 5.41) is 5.30. The van der Waals surface area contributed by atoms with Crippen molar-refractivity contribution in [2.75, 3.05) is 63.6 Å². The highest BCUT2D eigenvalue weighted by molar-refractivity contribution is 6.39. The molecule has 0 radical (unpaired) electrons. The van der Waals surface area contributed by atoms with Crippen LogP contribution in [0.25, 0.3) is 0 Å². The van der Waals surface area contributed by atoms with Gasteiger partial charge in [-0.2, -0.15) is 0 Å². The minimum Gasteiger partial charge on any atom is -0.374 e. The normalized spacial score (nSPS) is 17.7. The SMILES string of the molecule is Cc1ccc(NC(=O)C(=O)NC[C@@H](c2ccc3c(c2)CCCN3C)N2CCN(C)CC2)cc1F. The minimum absolute atomic E-state index is 0.0280. The minimum atomic E-state index is -0.799. The lowest BCUT2D eigenvalue weighted by Crippen LogP contribution is -2.49. The van der Waals surface area contributed by atoms with Crippen LogP contribution < -0.4 is 15.5 Å². The molecule has 2 aliphatic rings. The average molecular weight is 468 g/mol. The third-order valence-electron chi connectivity index (χ3n) is 6.91. The van der Waals surface area contributed by atoms with Gasteiger partial charge in [0.1, 0.15) is 5.82 Å². The number of likely N-dealkylation sites (N-methyl/N-ethyl adjacent to an activating group) is 1. The number of amides is 2. The first-order chi connectivity index (χ1) is 16.3. The van der Waals surface area contributed by atoms with Crippen LogP contribution in [0, 0.1) is 12.7 Å². The zero-order valence-corrected chi connectivity index (χ0v) is 20.2. The molecule has 4 rings (SSSR count). The lowest BCUT2D eigenvalue weighted by atomic mass is 9.95. The molecule has 1 fully saturated rings. The van der Waals surface area contributed by atoms with E-state index >= 15 is 0 Å². The standard InChI is InChI=1S/C26H34FN5O2/c1-18-6-8-21(16-22(18)27)29-26(34)25(33)28-17-24(32-13-11-30(2)12-14-32)20-7-9-23-19(15-20)5-4-10-31(23)3/h6-9,15-16,24H,4-5,10-14,17H2,1-3H3,(H,28,33)(H,29,34)/t24-/m0/s1. The zero-order chi connectivity index (χ0) is 24.2. The van der Waals surface area contributed by atoms with E-state index in [0.29, 0.717) is 12.1 Å². The Bertz CT molecular complexity index is 1050. The molecule has 2 aliphatic heterocycles. The molecule has 34 heavy (non-hydrogen) atoms. The first-order valence-electron chi connectivity index (χ1n) is 11.9. The van der Waals surface area contributed by atoms with E-state index < -0.39 is 17.6 Å². The second-order valence-corrected chi connectivity index (χ2v) is 9.40. The largest absolute Gasteiger partial charge is 0.374 e. The van der Waals surface area contributed by atoms with Crippen molar-refractivity contribution in [3.05, 3.63) is 58.9 Å². The molecule has 0 bridgehead atoms. The molecule has 0 saturated carbocycles. The van der Waals surface area contributed by atoms with Crippen molar-refractivity contribution in [2.45, 2.75) is 25.8 Å². The Morgan fingerprint density at radius 3 is 2.50 bits per heavy atom. The lowest BCUT2D eigenvalue weighted by Gasteiger charge is -2.39. The summed E-state index contributed by atoms with van der Waals surface area (Å²) in [6.45, 7) is 6.73. The lowest BCUT2D eigenvalue weighted by molar-refractivity contribution is -0.136. The second kappa shape index (κ2) is 10.5. The van der Waals surface area contributed by atoms with Crippen LogP contribution in [0.5, 0.6) is 0 Å². The highest BCUT2D eigenvalue weighted by Crippen LogP contribution is 2.31. The number of fused-ring (bicyclic) bond motifs is 1. The quantitative estimate of drug-likeness (QED) is 0.662. The van der Waals surface area contributed by atoms with Crippen LogP contribution in [0.4, 0.5) is 15.8 Å². The summed E-state index contributed by atoms with van der Waals surface area (Å²) >= 11 is 0. The molecule has 0 aromatic heterocycles. The fourth-order valence-electron chi connectivity index (χ4n) is 4.73. The summed E-state index contributed by atoms with van der Waals surface area (Å²) in [4.78, 5) is 32.0. The molecule has 2 heterocycles. The van der Waals surface area contributed by atoms with Crippen LogP contribution in [-0.2, 0) is 16.0 Å². The van der Waals surface area contributed by atoms with Crippen molar-refractivity contribution in [1.82, 2.24) is 15.1 Å². The van der Waals surface area contributed by atoms with Gasteiger partial charge in [0.05, 0.1) is 6.04 Å². The Labute approximate surface area is 200 Å². The summed E-state index contributed by atoms with van der Waals surface area (Å²) < 4.78 is 13.8. The number of carbonyl (C=O) groups excluding carboxylic acids is 2. The van der Waals surface area contributed by atoms with Gasteiger partial charge in [-0.25, -0.2) is 4.39 Å². The number of carbonyl (C=O) groups is 2. The van der Waals surface area contributed by atoms with Gasteiger partial charge in [0, 0.05) is 57.7 Å². The smallest absolute Gasteiger partial charge is 0.313 e. The van der Waals surface area contributed by atoms with Gasteiger partial charge in [-0.3, -0.25) is 14.5 Å². The van der Waals surface area contributed by atoms with E-state index in [9.17, 15) is 14.0 Å². The van der Waals surface area contributed by atoms with Gasteiger partial charge >= 0.3 is 11.8 Å². The van der Waals surface area contributed by atoms with Crippen molar-refractivity contribution >= 4 is 23.2 Å². The van der Waals surface area contributed by atoms with Crippen LogP contribution in [0.2, 0.25) is 0 Å². The molecule has 7 nitrogen and oxygen atoms in total. The van der Waals surface area contributed by atoms with E-state index in [1.165, 1.54) is 17.3 Å². The summed E-state index contributed by atoms with van der Waals surface area (Å²) in [5.41, 5.74) is 4.49. The summed E-state index contributed by atoms with van der Waals surface area (Å²) in [6, 6.07) is 10.9. The van der Waals surface area contributed by atoms with Gasteiger partial charge in [-0.1, -0.05) is 18.2 Å². The van der Waals surface area contributed by atoms with E-state index in [4.69, 9.17) is 0 Å². The van der Waals surface area contributed by atoms with Crippen molar-refractivity contribution in [3.8, 4) is 0 Å². The van der Waals surface area contributed by atoms with Gasteiger partial charge in [-0.05, 0) is 61.7 Å².